The van der Waals surface area contributed by atoms with Gasteiger partial charge in [0.05, 0.1) is 16.4 Å². The van der Waals surface area contributed by atoms with Crippen molar-refractivity contribution >= 4 is 16.8 Å². The van der Waals surface area contributed by atoms with Gasteiger partial charge >= 0.3 is 5.97 Å². The highest BCUT2D eigenvalue weighted by Crippen LogP contribution is 2.10. The molecule has 1 rings (SSSR count). The molecule has 5 heteroatoms. The fourth-order valence-electron chi connectivity index (χ4n) is 0.998. The fraction of sp³-hybridized carbons (Fsp3) is 0.300. The summed E-state index contributed by atoms with van der Waals surface area (Å²) in [6.45, 7) is 2.30. The quantitative estimate of drug-likeness (QED) is 0.829. The van der Waals surface area contributed by atoms with Crippen LogP contribution >= 0.6 is 0 Å². The van der Waals surface area contributed by atoms with Crippen LogP contribution in [0.2, 0.25) is 0 Å². The molecule has 0 radical (unpaired) electrons. The van der Waals surface area contributed by atoms with Gasteiger partial charge in [0.25, 0.3) is 0 Å². The summed E-state index contributed by atoms with van der Waals surface area (Å²) in [5.41, 5.74) is 0.136. The SMILES string of the molecule is CCOCS(=O)c1cccc(C(=O)O)c1. The van der Waals surface area contributed by atoms with E-state index in [1.807, 2.05) is 6.92 Å². The third-order valence-corrected chi connectivity index (χ3v) is 2.90. The molecule has 0 aliphatic heterocycles. The van der Waals surface area contributed by atoms with E-state index in [0.29, 0.717) is 11.5 Å². The van der Waals surface area contributed by atoms with Gasteiger partial charge in [0, 0.05) is 11.5 Å². The fourth-order valence-corrected chi connectivity index (χ4v) is 1.94. The van der Waals surface area contributed by atoms with Crippen LogP contribution in [0.4, 0.5) is 0 Å². The highest BCUT2D eigenvalue weighted by molar-refractivity contribution is 7.84. The van der Waals surface area contributed by atoms with Crippen molar-refractivity contribution in [2.24, 2.45) is 0 Å². The van der Waals surface area contributed by atoms with Gasteiger partial charge in [-0.3, -0.25) is 4.21 Å². The maximum absolute atomic E-state index is 11.6. The minimum atomic E-state index is -1.30. The average Bonchev–Trinajstić information content (AvgIpc) is 2.26. The molecule has 0 saturated carbocycles. The number of benzene rings is 1. The lowest BCUT2D eigenvalue weighted by Crippen LogP contribution is -2.04. The third kappa shape index (κ3) is 3.45. The molecular weight excluding hydrogens is 216 g/mol. The molecule has 1 aromatic carbocycles. The van der Waals surface area contributed by atoms with E-state index in [2.05, 4.69) is 0 Å². The highest BCUT2D eigenvalue weighted by atomic mass is 32.2. The van der Waals surface area contributed by atoms with Gasteiger partial charge < -0.3 is 9.84 Å². The van der Waals surface area contributed by atoms with Crippen molar-refractivity contribution in [1.82, 2.24) is 0 Å². The first-order valence-electron chi connectivity index (χ1n) is 4.44. The molecule has 0 saturated heterocycles. The van der Waals surface area contributed by atoms with Gasteiger partial charge in [-0.15, -0.1) is 0 Å². The molecule has 1 aromatic rings. The molecule has 0 aliphatic rings. The Bertz CT molecular complexity index is 375. The first kappa shape index (κ1) is 11.9. The number of rotatable bonds is 5. The van der Waals surface area contributed by atoms with Crippen molar-refractivity contribution in [3.05, 3.63) is 29.8 Å². The zero-order chi connectivity index (χ0) is 11.3. The molecular formula is C10H12O4S. The zero-order valence-corrected chi connectivity index (χ0v) is 9.12. The lowest BCUT2D eigenvalue weighted by molar-refractivity contribution is 0.0696. The smallest absolute Gasteiger partial charge is 0.335 e. The highest BCUT2D eigenvalue weighted by Gasteiger charge is 2.07. The third-order valence-electron chi connectivity index (χ3n) is 1.74. The summed E-state index contributed by atoms with van der Waals surface area (Å²) in [5, 5.41) is 8.74. The van der Waals surface area contributed by atoms with Gasteiger partial charge in [0.1, 0.15) is 5.94 Å². The molecule has 82 valence electrons. The Morgan fingerprint density at radius 2 is 2.27 bits per heavy atom. The Labute approximate surface area is 90.3 Å². The molecule has 0 bridgehead atoms. The summed E-state index contributed by atoms with van der Waals surface area (Å²) in [5.74, 6) is -0.926. The molecule has 0 aliphatic carbocycles. The number of hydrogen-bond acceptors (Lipinski definition) is 3. The van der Waals surface area contributed by atoms with Crippen molar-refractivity contribution in [3.63, 3.8) is 0 Å². The lowest BCUT2D eigenvalue weighted by atomic mass is 10.2. The van der Waals surface area contributed by atoms with Gasteiger partial charge in [-0.05, 0) is 25.1 Å². The first-order chi connectivity index (χ1) is 7.15. The van der Waals surface area contributed by atoms with Crippen molar-refractivity contribution in [1.29, 1.82) is 0 Å². The van der Waals surface area contributed by atoms with Crippen LogP contribution in [0.5, 0.6) is 0 Å². The van der Waals surface area contributed by atoms with E-state index in [0.717, 1.165) is 0 Å². The Hall–Kier alpha value is -1.20. The van der Waals surface area contributed by atoms with E-state index in [4.69, 9.17) is 9.84 Å². The van der Waals surface area contributed by atoms with E-state index in [-0.39, 0.29) is 11.5 Å². The summed E-state index contributed by atoms with van der Waals surface area (Å²) in [7, 11) is -1.30. The molecule has 4 nitrogen and oxygen atoms in total. The van der Waals surface area contributed by atoms with Gasteiger partial charge in [-0.25, -0.2) is 4.79 Å². The predicted octanol–water partition coefficient (Wildman–Crippen LogP) is 1.49. The zero-order valence-electron chi connectivity index (χ0n) is 8.30. The number of ether oxygens (including phenoxy) is 1. The van der Waals surface area contributed by atoms with Crippen LogP contribution in [0.3, 0.4) is 0 Å². The molecule has 0 spiro atoms. The van der Waals surface area contributed by atoms with Gasteiger partial charge in [0.15, 0.2) is 0 Å². The Balaban J connectivity index is 2.81. The van der Waals surface area contributed by atoms with E-state index in [9.17, 15) is 9.00 Å². The molecule has 0 heterocycles. The van der Waals surface area contributed by atoms with Crippen LogP contribution < -0.4 is 0 Å². The Kier molecular flexibility index (Phi) is 4.45. The van der Waals surface area contributed by atoms with E-state index < -0.39 is 16.8 Å². The number of hydrogen-bond donors (Lipinski definition) is 1. The van der Waals surface area contributed by atoms with Crippen molar-refractivity contribution in [2.45, 2.75) is 11.8 Å². The monoisotopic (exact) mass is 228 g/mol. The van der Waals surface area contributed by atoms with E-state index in [1.54, 1.807) is 12.1 Å². The molecule has 0 aromatic heterocycles. The molecule has 1 unspecified atom stereocenters. The Morgan fingerprint density at radius 3 is 2.87 bits per heavy atom. The number of carboxylic acids is 1. The van der Waals surface area contributed by atoms with Gasteiger partial charge in [-0.2, -0.15) is 0 Å². The standard InChI is InChI=1S/C10H12O4S/c1-2-14-7-15(13)9-5-3-4-8(6-9)10(11)12/h3-6H,2,7H2,1H3,(H,11,12). The topological polar surface area (TPSA) is 63.6 Å². The summed E-state index contributed by atoms with van der Waals surface area (Å²) in [6.07, 6.45) is 0. The maximum Gasteiger partial charge on any atom is 0.335 e. The predicted molar refractivity (Wildman–Crippen MR) is 56.3 cm³/mol. The van der Waals surface area contributed by atoms with E-state index >= 15 is 0 Å². The van der Waals surface area contributed by atoms with E-state index in [1.165, 1.54) is 12.1 Å². The molecule has 1 atom stereocenters. The normalized spacial score (nSPS) is 12.3. The average molecular weight is 228 g/mol. The second kappa shape index (κ2) is 5.63. The summed E-state index contributed by atoms with van der Waals surface area (Å²) in [6, 6.07) is 6.06. The van der Waals surface area contributed by atoms with Gasteiger partial charge in [-0.1, -0.05) is 6.07 Å². The molecule has 15 heavy (non-hydrogen) atoms. The molecule has 0 amide bonds. The van der Waals surface area contributed by atoms with Crippen LogP contribution in [-0.4, -0.2) is 27.8 Å². The molecule has 1 N–H and O–H groups in total. The lowest BCUT2D eigenvalue weighted by Gasteiger charge is -2.03. The maximum atomic E-state index is 11.6. The van der Waals surface area contributed by atoms with Crippen LogP contribution in [-0.2, 0) is 15.5 Å². The second-order valence-corrected chi connectivity index (χ2v) is 4.19. The number of carbonyl (C=O) groups is 1. The Morgan fingerprint density at radius 1 is 1.53 bits per heavy atom. The van der Waals surface area contributed by atoms with Crippen molar-refractivity contribution in [2.75, 3.05) is 12.5 Å². The summed E-state index contributed by atoms with van der Waals surface area (Å²) < 4.78 is 16.6. The minimum Gasteiger partial charge on any atom is -0.478 e. The van der Waals surface area contributed by atoms with Crippen molar-refractivity contribution in [3.8, 4) is 0 Å². The first-order valence-corrected chi connectivity index (χ1v) is 5.76. The van der Waals surface area contributed by atoms with Crippen molar-refractivity contribution < 1.29 is 18.8 Å². The largest absolute Gasteiger partial charge is 0.478 e. The molecule has 0 fully saturated rings. The number of aromatic carboxylic acids is 1. The summed E-state index contributed by atoms with van der Waals surface area (Å²) >= 11 is 0. The van der Waals surface area contributed by atoms with Crippen LogP contribution in [0.15, 0.2) is 29.2 Å². The minimum absolute atomic E-state index is 0.0968. The second-order valence-electron chi connectivity index (χ2n) is 2.79. The van der Waals surface area contributed by atoms with Gasteiger partial charge in [0.2, 0.25) is 0 Å². The van der Waals surface area contributed by atoms with Crippen LogP contribution in [0.25, 0.3) is 0 Å². The summed E-state index contributed by atoms with van der Waals surface area (Å²) in [4.78, 5) is 11.1. The van der Waals surface area contributed by atoms with Crippen LogP contribution in [0.1, 0.15) is 17.3 Å². The van der Waals surface area contributed by atoms with Crippen LogP contribution in [0, 0.1) is 0 Å². The number of carboxylic acid groups (broad SMARTS) is 1.